The first-order valence-electron chi connectivity index (χ1n) is 11.9. The number of hydrogen-bond donors (Lipinski definition) is 2. The van der Waals surface area contributed by atoms with Crippen LogP contribution >= 0.6 is 46.2 Å². The molecule has 2 aliphatic heterocycles. The van der Waals surface area contributed by atoms with Crippen molar-refractivity contribution < 1.29 is 24.3 Å². The Hall–Kier alpha value is -2.94. The van der Waals surface area contributed by atoms with Crippen molar-refractivity contribution in [3.63, 3.8) is 0 Å². The molecular formula is C25H25N5O5S4. The van der Waals surface area contributed by atoms with Gasteiger partial charge in [-0.2, -0.15) is 0 Å². The summed E-state index contributed by atoms with van der Waals surface area (Å²) in [6.45, 7) is 7.33. The van der Waals surface area contributed by atoms with Crippen LogP contribution in [0.4, 0.5) is 0 Å². The molecule has 0 unspecified atom stereocenters. The molecule has 2 aromatic heterocycles. The summed E-state index contributed by atoms with van der Waals surface area (Å²) in [5.74, 6) is -1.42. The van der Waals surface area contributed by atoms with Gasteiger partial charge < -0.3 is 15.3 Å². The van der Waals surface area contributed by atoms with Crippen LogP contribution in [-0.4, -0.2) is 72.2 Å². The molecule has 2 N–H and O–H groups in total. The van der Waals surface area contributed by atoms with Crippen molar-refractivity contribution in [2.24, 2.45) is 5.16 Å². The molecule has 0 bridgehead atoms. The monoisotopic (exact) mass is 603 g/mol. The third-order valence-electron chi connectivity index (χ3n) is 5.78. The fourth-order valence-electron chi connectivity index (χ4n) is 4.05. The normalized spacial score (nSPS) is 19.6. The molecule has 1 fully saturated rings. The lowest BCUT2D eigenvalue weighted by Crippen LogP contribution is -2.71. The maximum absolute atomic E-state index is 13.5. The largest absolute Gasteiger partial charge is 0.477 e. The van der Waals surface area contributed by atoms with Gasteiger partial charge in [0.25, 0.3) is 11.8 Å². The molecule has 5 rings (SSSR count). The molecule has 204 valence electrons. The summed E-state index contributed by atoms with van der Waals surface area (Å²) in [5, 5.41) is 28.0. The van der Waals surface area contributed by atoms with Crippen LogP contribution in [0.2, 0.25) is 0 Å². The van der Waals surface area contributed by atoms with Gasteiger partial charge in [-0.25, -0.2) is 4.79 Å². The molecule has 1 aromatic carbocycles. The van der Waals surface area contributed by atoms with E-state index in [9.17, 15) is 19.5 Å². The van der Waals surface area contributed by atoms with E-state index < -0.39 is 34.8 Å². The van der Waals surface area contributed by atoms with E-state index in [1.54, 1.807) is 0 Å². The van der Waals surface area contributed by atoms with Crippen LogP contribution < -0.4 is 5.32 Å². The van der Waals surface area contributed by atoms with Crippen molar-refractivity contribution in [3.8, 4) is 0 Å². The SMILES string of the molecule is Cc1nnc(SCC2=C(C(=O)O)N3C(=O)[C@@H](NC(=O)C(=NOC(C)(C)C)c4csc5ccccc45)[C@H]3SC2)s1. The minimum atomic E-state index is -1.17. The van der Waals surface area contributed by atoms with Crippen molar-refractivity contribution in [3.05, 3.63) is 51.5 Å². The van der Waals surface area contributed by atoms with Gasteiger partial charge in [0.1, 0.15) is 27.7 Å². The molecule has 39 heavy (non-hydrogen) atoms. The first-order chi connectivity index (χ1) is 18.5. The minimum absolute atomic E-state index is 0.0308. The summed E-state index contributed by atoms with van der Waals surface area (Å²) in [6, 6.07) is 6.77. The smallest absolute Gasteiger partial charge is 0.352 e. The second-order valence-corrected chi connectivity index (χ2v) is 14.2. The van der Waals surface area contributed by atoms with Gasteiger partial charge in [-0.3, -0.25) is 14.5 Å². The summed E-state index contributed by atoms with van der Waals surface area (Å²) >= 11 is 5.73. The Bertz CT molecular complexity index is 1520. The number of amides is 2. The zero-order valence-electron chi connectivity index (χ0n) is 21.5. The molecule has 1 saturated heterocycles. The maximum atomic E-state index is 13.5. The number of carboxylic acids is 1. The lowest BCUT2D eigenvalue weighted by atomic mass is 10.0. The number of carbonyl (C=O) groups excluding carboxylic acids is 2. The molecule has 4 heterocycles. The van der Waals surface area contributed by atoms with Crippen LogP contribution in [0.15, 0.2) is 50.4 Å². The number of thioether (sulfide) groups is 2. The molecule has 0 aliphatic carbocycles. The molecule has 2 atom stereocenters. The number of oxime groups is 1. The van der Waals surface area contributed by atoms with Crippen LogP contribution in [0, 0.1) is 6.92 Å². The number of fused-ring (bicyclic) bond motifs is 2. The van der Waals surface area contributed by atoms with Gasteiger partial charge in [0.15, 0.2) is 10.1 Å². The topological polar surface area (TPSA) is 134 Å². The number of aryl methyl sites for hydroxylation is 1. The summed E-state index contributed by atoms with van der Waals surface area (Å²) in [7, 11) is 0. The van der Waals surface area contributed by atoms with E-state index in [4.69, 9.17) is 4.84 Å². The third-order valence-corrected chi connectivity index (χ3v) is 10.1. The minimum Gasteiger partial charge on any atom is -0.477 e. The second-order valence-electron chi connectivity index (χ2n) is 9.78. The lowest BCUT2D eigenvalue weighted by molar-refractivity contribution is -0.150. The molecule has 3 aromatic rings. The number of hydrogen-bond acceptors (Lipinski definition) is 11. The fraction of sp³-hybridized carbons (Fsp3) is 0.360. The number of β-lactam (4-membered cyclic amide) rings is 1. The summed E-state index contributed by atoms with van der Waals surface area (Å²) in [6.07, 6.45) is 0. The number of nitrogens with zero attached hydrogens (tertiary/aromatic N) is 4. The van der Waals surface area contributed by atoms with Gasteiger partial charge in [-0.15, -0.1) is 33.3 Å². The van der Waals surface area contributed by atoms with Crippen LogP contribution in [0.5, 0.6) is 0 Å². The number of nitrogens with one attached hydrogen (secondary N) is 1. The van der Waals surface area contributed by atoms with Crippen LogP contribution in [0.1, 0.15) is 31.3 Å². The van der Waals surface area contributed by atoms with Crippen molar-refractivity contribution in [2.75, 3.05) is 11.5 Å². The summed E-state index contributed by atoms with van der Waals surface area (Å²) < 4.78 is 1.73. The van der Waals surface area contributed by atoms with Gasteiger partial charge in [0, 0.05) is 32.5 Å². The molecule has 14 heteroatoms. The number of aliphatic carboxylic acids is 1. The molecule has 0 radical (unpaired) electrons. The summed E-state index contributed by atoms with van der Waals surface area (Å²) in [5.41, 5.74) is 0.632. The van der Waals surface area contributed by atoms with Gasteiger partial charge in [0.2, 0.25) is 0 Å². The van der Waals surface area contributed by atoms with E-state index in [-0.39, 0.29) is 11.4 Å². The van der Waals surface area contributed by atoms with Crippen molar-refractivity contribution >= 4 is 79.8 Å². The maximum Gasteiger partial charge on any atom is 0.352 e. The van der Waals surface area contributed by atoms with Crippen LogP contribution in [0.3, 0.4) is 0 Å². The molecule has 2 amide bonds. The Morgan fingerprint density at radius 2 is 2.05 bits per heavy atom. The highest BCUT2D eigenvalue weighted by molar-refractivity contribution is 8.01. The number of aromatic nitrogens is 2. The third kappa shape index (κ3) is 5.69. The van der Waals surface area contributed by atoms with Crippen molar-refractivity contribution in [1.82, 2.24) is 20.4 Å². The molecule has 0 spiro atoms. The van der Waals surface area contributed by atoms with E-state index >= 15 is 0 Å². The van der Waals surface area contributed by atoms with Gasteiger partial charge in [-0.1, -0.05) is 46.5 Å². The Morgan fingerprint density at radius 3 is 2.74 bits per heavy atom. The van der Waals surface area contributed by atoms with Crippen LogP contribution in [-0.2, 0) is 19.2 Å². The van der Waals surface area contributed by atoms with Crippen molar-refractivity contribution in [1.29, 1.82) is 0 Å². The van der Waals surface area contributed by atoms with Gasteiger partial charge >= 0.3 is 5.97 Å². The fourth-order valence-corrected chi connectivity index (χ4v) is 8.29. The van der Waals surface area contributed by atoms with E-state index in [1.165, 1.54) is 51.1 Å². The highest BCUT2D eigenvalue weighted by Gasteiger charge is 2.54. The van der Waals surface area contributed by atoms with Crippen molar-refractivity contribution in [2.45, 2.75) is 49.1 Å². The Kier molecular flexibility index (Phi) is 7.73. The first-order valence-corrected chi connectivity index (χ1v) is 15.6. The number of thiophene rings is 1. The number of carboxylic acid groups (broad SMARTS) is 1. The average Bonchev–Trinajstić information content (AvgIpc) is 3.51. The quantitative estimate of drug-likeness (QED) is 0.169. The Morgan fingerprint density at radius 1 is 1.28 bits per heavy atom. The van der Waals surface area contributed by atoms with E-state index in [0.29, 0.717) is 22.6 Å². The highest BCUT2D eigenvalue weighted by Crippen LogP contribution is 2.42. The number of rotatable bonds is 8. The van der Waals surface area contributed by atoms with E-state index in [2.05, 4.69) is 20.7 Å². The summed E-state index contributed by atoms with van der Waals surface area (Å²) in [4.78, 5) is 45.8. The standard InChI is InChI=1S/C25H25N5O5S4/c1-12-27-28-24(39-12)38-10-13-9-37-22-18(21(32)30(22)19(13)23(33)34)26-20(31)17(29-35-25(2,3)4)15-11-36-16-8-6-5-7-14(15)16/h5-8,11,18,22H,9-10H2,1-4H3,(H,26,31)(H,33,34)/t18-,22-/m1/s1. The molecular weight excluding hydrogens is 579 g/mol. The predicted molar refractivity (Wildman–Crippen MR) is 154 cm³/mol. The molecule has 0 saturated carbocycles. The van der Waals surface area contributed by atoms with E-state index in [1.807, 2.05) is 57.3 Å². The van der Waals surface area contributed by atoms with Gasteiger partial charge in [0.05, 0.1) is 0 Å². The average molecular weight is 604 g/mol. The first kappa shape index (κ1) is 27.6. The molecule has 2 aliphatic rings. The second kappa shape index (κ2) is 10.9. The number of carbonyl (C=O) groups is 3. The zero-order chi connectivity index (χ0) is 27.9. The lowest BCUT2D eigenvalue weighted by Gasteiger charge is -2.49. The van der Waals surface area contributed by atoms with Crippen LogP contribution in [0.25, 0.3) is 10.1 Å². The predicted octanol–water partition coefficient (Wildman–Crippen LogP) is 4.11. The number of benzene rings is 1. The highest BCUT2D eigenvalue weighted by atomic mass is 32.2. The molecule has 10 nitrogen and oxygen atoms in total. The Labute approximate surface area is 240 Å². The van der Waals surface area contributed by atoms with E-state index in [0.717, 1.165) is 19.4 Å². The zero-order valence-corrected chi connectivity index (χ0v) is 24.7. The van der Waals surface area contributed by atoms with Gasteiger partial charge in [-0.05, 0) is 39.3 Å². The Balaban J connectivity index is 1.36.